The Labute approximate surface area is 200 Å². The highest BCUT2D eigenvalue weighted by Crippen LogP contribution is 2.44. The van der Waals surface area contributed by atoms with Crippen LogP contribution < -0.4 is 4.90 Å². The number of non-ortho nitro benzene ring substituents is 1. The molecule has 178 valence electrons. The molecule has 0 saturated carbocycles. The molecule has 35 heavy (non-hydrogen) atoms. The molecule has 4 rings (SSSR count). The average Bonchev–Trinajstić information content (AvgIpc) is 3.09. The largest absolute Gasteiger partial charge is 0.507 e. The molecule has 7 nitrogen and oxygen atoms in total. The fourth-order valence-corrected chi connectivity index (χ4v) is 3.94. The van der Waals surface area contributed by atoms with E-state index in [-0.39, 0.29) is 22.5 Å². The Kier molecular flexibility index (Phi) is 6.08. The highest BCUT2D eigenvalue weighted by Gasteiger charge is 2.47. The highest BCUT2D eigenvalue weighted by atomic mass is 35.5. The molecule has 0 spiro atoms. The molecule has 1 aliphatic heterocycles. The fourth-order valence-electron chi connectivity index (χ4n) is 3.82. The predicted molar refractivity (Wildman–Crippen MR) is 121 cm³/mol. The third-order valence-electron chi connectivity index (χ3n) is 5.41. The van der Waals surface area contributed by atoms with Crippen LogP contribution in [-0.4, -0.2) is 21.7 Å². The van der Waals surface area contributed by atoms with Crippen LogP contribution >= 0.6 is 11.6 Å². The summed E-state index contributed by atoms with van der Waals surface area (Å²) < 4.78 is 40.0. The smallest absolute Gasteiger partial charge is 0.416 e. The summed E-state index contributed by atoms with van der Waals surface area (Å²) in [5, 5.41) is 22.6. The van der Waals surface area contributed by atoms with Gasteiger partial charge in [0.2, 0.25) is 0 Å². The molecule has 1 heterocycles. The summed E-state index contributed by atoms with van der Waals surface area (Å²) >= 11 is 5.87. The van der Waals surface area contributed by atoms with E-state index in [1.54, 1.807) is 0 Å². The van der Waals surface area contributed by atoms with Gasteiger partial charge < -0.3 is 5.11 Å². The number of halogens is 4. The zero-order valence-corrected chi connectivity index (χ0v) is 18.2. The van der Waals surface area contributed by atoms with Crippen LogP contribution in [0.5, 0.6) is 0 Å². The quantitative estimate of drug-likeness (QED) is 0.157. The summed E-state index contributed by atoms with van der Waals surface area (Å²) in [7, 11) is 0. The van der Waals surface area contributed by atoms with E-state index in [2.05, 4.69) is 0 Å². The Morgan fingerprint density at radius 2 is 1.66 bits per heavy atom. The first kappa shape index (κ1) is 24.0. The lowest BCUT2D eigenvalue weighted by atomic mass is 9.94. The van der Waals surface area contributed by atoms with Crippen molar-refractivity contribution >= 4 is 40.4 Å². The van der Waals surface area contributed by atoms with Crippen LogP contribution in [-0.2, 0) is 15.8 Å². The van der Waals surface area contributed by atoms with E-state index in [0.29, 0.717) is 11.1 Å². The maximum absolute atomic E-state index is 13.3. The van der Waals surface area contributed by atoms with Crippen molar-refractivity contribution in [2.24, 2.45) is 0 Å². The van der Waals surface area contributed by atoms with Gasteiger partial charge in [0.25, 0.3) is 17.4 Å². The predicted octanol–water partition coefficient (Wildman–Crippen LogP) is 5.89. The minimum absolute atomic E-state index is 0.0475. The molecule has 1 N–H and O–H groups in total. The first-order valence-electron chi connectivity index (χ1n) is 9.97. The summed E-state index contributed by atoms with van der Waals surface area (Å²) in [6, 6.07) is 12.9. The van der Waals surface area contributed by atoms with Gasteiger partial charge in [-0.3, -0.25) is 24.6 Å². The second-order valence-electron chi connectivity index (χ2n) is 7.58. The van der Waals surface area contributed by atoms with Gasteiger partial charge in [0.1, 0.15) is 5.76 Å². The molecule has 0 radical (unpaired) electrons. The van der Waals surface area contributed by atoms with Crippen LogP contribution in [0.15, 0.2) is 78.4 Å². The fraction of sp³-hybridized carbons (Fsp3) is 0.0833. The molecule has 3 aromatic rings. The molecule has 0 bridgehead atoms. The van der Waals surface area contributed by atoms with Crippen molar-refractivity contribution < 1.29 is 32.8 Å². The number of anilines is 1. The summed E-state index contributed by atoms with van der Waals surface area (Å²) in [5.74, 6) is -2.96. The van der Waals surface area contributed by atoms with E-state index in [4.69, 9.17) is 11.6 Å². The van der Waals surface area contributed by atoms with E-state index in [9.17, 15) is 38.0 Å². The number of Topliss-reactive ketones (excluding diaryl/α,β-unsaturated/α-hetero) is 1. The van der Waals surface area contributed by atoms with Gasteiger partial charge in [-0.1, -0.05) is 29.8 Å². The van der Waals surface area contributed by atoms with Crippen molar-refractivity contribution in [1.29, 1.82) is 0 Å². The standard InChI is InChI=1S/C24H14ClF3N2O5/c25-16-9-7-13(8-10-16)21(31)19-20(14-3-1-6-18(11-14)30(34)35)29(23(33)22(19)32)17-5-2-4-15(12-17)24(26,27)28/h1-12,20,31H/b21-19+/t20-/m1/s1. The maximum Gasteiger partial charge on any atom is 0.416 e. The van der Waals surface area contributed by atoms with Gasteiger partial charge in [0.05, 0.1) is 22.1 Å². The molecule has 1 fully saturated rings. The summed E-state index contributed by atoms with van der Waals surface area (Å²) in [5.41, 5.74) is -1.97. The van der Waals surface area contributed by atoms with Gasteiger partial charge in [0.15, 0.2) is 0 Å². The normalized spacial score (nSPS) is 17.6. The Hall–Kier alpha value is -4.18. The lowest BCUT2D eigenvalue weighted by Gasteiger charge is -2.26. The van der Waals surface area contributed by atoms with Crippen LogP contribution in [0.25, 0.3) is 5.76 Å². The minimum atomic E-state index is -4.73. The lowest BCUT2D eigenvalue weighted by Crippen LogP contribution is -2.29. The number of carbonyl (C=O) groups excluding carboxylic acids is 2. The number of carbonyl (C=O) groups is 2. The van der Waals surface area contributed by atoms with Gasteiger partial charge in [-0.2, -0.15) is 13.2 Å². The third-order valence-corrected chi connectivity index (χ3v) is 5.66. The van der Waals surface area contributed by atoms with E-state index in [1.165, 1.54) is 48.5 Å². The van der Waals surface area contributed by atoms with Crippen LogP contribution in [0.3, 0.4) is 0 Å². The van der Waals surface area contributed by atoms with Crippen molar-refractivity contribution in [3.8, 4) is 0 Å². The molecule has 1 saturated heterocycles. The zero-order valence-electron chi connectivity index (χ0n) is 17.5. The molecule has 1 aliphatic rings. The van der Waals surface area contributed by atoms with E-state index >= 15 is 0 Å². The molecule has 1 atom stereocenters. The van der Waals surface area contributed by atoms with E-state index < -0.39 is 45.7 Å². The van der Waals surface area contributed by atoms with Crippen molar-refractivity contribution in [2.75, 3.05) is 4.90 Å². The number of hydrogen-bond acceptors (Lipinski definition) is 5. The Bertz CT molecular complexity index is 1390. The van der Waals surface area contributed by atoms with Crippen molar-refractivity contribution in [3.63, 3.8) is 0 Å². The topological polar surface area (TPSA) is 101 Å². The number of alkyl halides is 3. The van der Waals surface area contributed by atoms with E-state index in [0.717, 1.165) is 23.1 Å². The molecule has 0 aromatic heterocycles. The van der Waals surface area contributed by atoms with Crippen LogP contribution in [0, 0.1) is 10.1 Å². The lowest BCUT2D eigenvalue weighted by molar-refractivity contribution is -0.384. The number of ketones is 1. The Morgan fingerprint density at radius 1 is 1.00 bits per heavy atom. The monoisotopic (exact) mass is 502 g/mol. The number of aliphatic hydroxyl groups excluding tert-OH is 1. The Balaban J connectivity index is 1.97. The number of nitro benzene ring substituents is 1. The summed E-state index contributed by atoms with van der Waals surface area (Å²) in [4.78, 5) is 37.6. The van der Waals surface area contributed by atoms with Gasteiger partial charge in [-0.25, -0.2) is 0 Å². The number of nitro groups is 1. The van der Waals surface area contributed by atoms with E-state index in [1.807, 2.05) is 0 Å². The van der Waals surface area contributed by atoms with Gasteiger partial charge >= 0.3 is 6.18 Å². The average molecular weight is 503 g/mol. The first-order chi connectivity index (χ1) is 16.5. The number of nitrogens with zero attached hydrogens (tertiary/aromatic N) is 2. The van der Waals surface area contributed by atoms with Crippen molar-refractivity contribution in [3.05, 3.63) is 110 Å². The molecule has 3 aromatic carbocycles. The minimum Gasteiger partial charge on any atom is -0.507 e. The third kappa shape index (κ3) is 4.47. The number of benzene rings is 3. The van der Waals surface area contributed by atoms with Crippen LogP contribution in [0.2, 0.25) is 5.02 Å². The van der Waals surface area contributed by atoms with Crippen molar-refractivity contribution in [1.82, 2.24) is 0 Å². The molecular weight excluding hydrogens is 489 g/mol. The van der Waals surface area contributed by atoms with Crippen LogP contribution in [0.1, 0.15) is 22.7 Å². The van der Waals surface area contributed by atoms with Gasteiger partial charge in [-0.05, 0) is 48.0 Å². The number of hydrogen-bond donors (Lipinski definition) is 1. The summed E-state index contributed by atoms with van der Waals surface area (Å²) in [6.45, 7) is 0. The zero-order chi connectivity index (χ0) is 25.5. The molecule has 11 heteroatoms. The van der Waals surface area contributed by atoms with Crippen LogP contribution in [0.4, 0.5) is 24.5 Å². The first-order valence-corrected chi connectivity index (χ1v) is 10.4. The van der Waals surface area contributed by atoms with Crippen molar-refractivity contribution in [2.45, 2.75) is 12.2 Å². The second kappa shape index (κ2) is 8.88. The SMILES string of the molecule is O=C1C(=O)N(c2cccc(C(F)(F)F)c2)[C@H](c2cccc([N+](=O)[O-])c2)/C1=C(\O)c1ccc(Cl)cc1. The molecule has 0 aliphatic carbocycles. The number of rotatable bonds is 4. The van der Waals surface area contributed by atoms with Gasteiger partial charge in [-0.15, -0.1) is 0 Å². The molecular formula is C24H14ClF3N2O5. The summed E-state index contributed by atoms with van der Waals surface area (Å²) in [6.07, 6.45) is -4.73. The highest BCUT2D eigenvalue weighted by molar-refractivity contribution is 6.51. The van der Waals surface area contributed by atoms with Gasteiger partial charge in [0, 0.05) is 28.4 Å². The molecule has 0 unspecified atom stereocenters. The maximum atomic E-state index is 13.3. The number of amides is 1. The second-order valence-corrected chi connectivity index (χ2v) is 8.01. The number of aliphatic hydroxyl groups is 1. The Morgan fingerprint density at radius 3 is 2.29 bits per heavy atom. The molecule has 1 amide bonds.